The molecule has 4 aliphatic rings. The Hall–Kier alpha value is -12.8. The van der Waals surface area contributed by atoms with Gasteiger partial charge in [0.05, 0.1) is 52.2 Å². The van der Waals surface area contributed by atoms with E-state index in [0.717, 1.165) is 219 Å². The number of fused-ring (bicyclic) bond motifs is 12. The van der Waals surface area contributed by atoms with Crippen LogP contribution in [0.1, 0.15) is 175 Å². The first-order chi connectivity index (χ1) is 69.9. The van der Waals surface area contributed by atoms with Gasteiger partial charge in [0.25, 0.3) is 0 Å². The van der Waals surface area contributed by atoms with E-state index >= 15 is 0 Å². The number of ether oxygens (including phenoxy) is 9. The van der Waals surface area contributed by atoms with Gasteiger partial charge in [0, 0.05) is 163 Å². The third-order valence-corrected chi connectivity index (χ3v) is 27.2. The Balaban J connectivity index is 0.000000137. The molecular formula is C111H119Cl6N13O13. The molecule has 26 nitrogen and oxygen atoms in total. The molecular weight excluding hydrogens is 1940 g/mol. The Bertz CT molecular complexity index is 6680. The van der Waals surface area contributed by atoms with Crippen LogP contribution in [0.2, 0.25) is 20.1 Å². The fraction of sp³-hybridized carbons (Fsp3) is 0.342. The highest BCUT2D eigenvalue weighted by Gasteiger charge is 2.41. The Morgan fingerprint density at radius 1 is 0.413 bits per heavy atom. The molecule has 32 heteroatoms. The number of aromatic amines is 4. The van der Waals surface area contributed by atoms with E-state index < -0.39 is 6.09 Å². The average Bonchev–Trinajstić information content (AvgIpc) is 1.62. The molecule has 0 aliphatic carbocycles. The van der Waals surface area contributed by atoms with Crippen molar-refractivity contribution in [2.45, 2.75) is 148 Å². The van der Waals surface area contributed by atoms with Gasteiger partial charge in [-0.1, -0.05) is 171 Å². The topological polar surface area (TPSA) is 276 Å². The number of alkyl halides is 2. The van der Waals surface area contributed by atoms with Crippen molar-refractivity contribution in [1.29, 1.82) is 0 Å². The van der Waals surface area contributed by atoms with Gasteiger partial charge in [-0.25, -0.2) is 29.1 Å². The standard InChI is InChI=1S/C31H29ClN4O3.C28H34Cl2N2O3.C27H32Cl2N2O4.C25H24ClN5O3/c32-24-9-12-28-27(19-24)26-13-16-36(31(37)39-20-22-5-2-1-3-6-22)30(29(26)34-28)23-7-10-25(11-8-23)38-18-4-15-35-17-14-33-21-35;1-19(2)18-35-28(33)32-15-13-23-24-17-21(30)9-12-25(24)31-26(23)27(32)20-7-10-22(11-8-20)34-16-6-4-3-5-14-29;1-33-16-17-35-27(32)31-14-12-22-23-18-20(29)8-11-24(23)30-25(22)26(31)19-6-9-21(10-7-19)34-15-5-3-2-4-13-28;1-2-33-25(32)31-12-10-20-21-14-18(26)6-9-22(21)29-23(20)24(31)17-4-7-19(8-5-17)34-13-3-11-30-16-27-15-28-30/h1-3,5-12,14,17,19,21,30,34H,4,13,15-16,18,20H2;7-12,17,19,27,31H,3-6,13-16,18H2,1-2H3;6-11,18,26,30H,2-5,12-17H2,1H3;2,4-9,14-16,24,29H,1,3,10-13H2. The highest BCUT2D eigenvalue weighted by Crippen LogP contribution is 2.46. The van der Waals surface area contributed by atoms with Crippen LogP contribution in [0.4, 0.5) is 19.2 Å². The predicted molar refractivity (Wildman–Crippen MR) is 563 cm³/mol. The maximum atomic E-state index is 13.4. The van der Waals surface area contributed by atoms with Crippen LogP contribution in [0.15, 0.2) is 244 Å². The van der Waals surface area contributed by atoms with Crippen molar-refractivity contribution in [3.05, 3.63) is 337 Å². The van der Waals surface area contributed by atoms with Gasteiger partial charge in [-0.15, -0.1) is 23.2 Å². The Kier molecular flexibility index (Phi) is 36.7. The zero-order chi connectivity index (χ0) is 99.5. The molecule has 9 aromatic carbocycles. The molecule has 4 atom stereocenters. The van der Waals surface area contributed by atoms with E-state index in [1.165, 1.54) is 28.6 Å². The molecule has 748 valence electrons. The number of rotatable bonds is 36. The molecule has 4 amide bonds. The number of aryl methyl sites for hydroxylation is 2. The van der Waals surface area contributed by atoms with Crippen LogP contribution in [0.25, 0.3) is 43.6 Å². The first-order valence-corrected chi connectivity index (χ1v) is 51.4. The molecule has 15 aromatic rings. The lowest BCUT2D eigenvalue weighted by Gasteiger charge is -2.35. The Labute approximate surface area is 862 Å². The van der Waals surface area contributed by atoms with Crippen molar-refractivity contribution < 1.29 is 61.8 Å². The van der Waals surface area contributed by atoms with Gasteiger partial charge in [0.2, 0.25) is 0 Å². The van der Waals surface area contributed by atoms with Gasteiger partial charge in [-0.2, -0.15) is 5.10 Å². The van der Waals surface area contributed by atoms with E-state index in [0.29, 0.717) is 105 Å². The molecule has 0 fully saturated rings. The van der Waals surface area contributed by atoms with Gasteiger partial charge >= 0.3 is 24.4 Å². The second-order valence-corrected chi connectivity index (χ2v) is 38.4. The van der Waals surface area contributed by atoms with Crippen molar-refractivity contribution in [3.8, 4) is 23.0 Å². The number of unbranched alkanes of at least 4 members (excludes halogenated alkanes) is 6. The van der Waals surface area contributed by atoms with Crippen molar-refractivity contribution in [1.82, 2.24) is 63.9 Å². The second kappa shape index (κ2) is 50.9. The summed E-state index contributed by atoms with van der Waals surface area (Å²) in [5.41, 5.74) is 17.6. The quantitative estimate of drug-likeness (QED) is 0.0123. The third-order valence-electron chi connectivity index (χ3n) is 25.8. The lowest BCUT2D eigenvalue weighted by Crippen LogP contribution is -2.41. The Morgan fingerprint density at radius 3 is 1.14 bits per heavy atom. The molecule has 10 heterocycles. The first kappa shape index (κ1) is 103. The van der Waals surface area contributed by atoms with E-state index in [1.54, 1.807) is 34.1 Å². The number of hydrogen-bond donors (Lipinski definition) is 4. The van der Waals surface area contributed by atoms with E-state index in [4.69, 9.17) is 112 Å². The summed E-state index contributed by atoms with van der Waals surface area (Å²) in [6.45, 7) is 15.1. The molecule has 4 aliphatic heterocycles. The summed E-state index contributed by atoms with van der Waals surface area (Å²) < 4.78 is 54.6. The summed E-state index contributed by atoms with van der Waals surface area (Å²) in [7, 11) is 1.59. The number of nitrogens with zero attached hydrogens (tertiary/aromatic N) is 9. The maximum absolute atomic E-state index is 13.4. The van der Waals surface area contributed by atoms with Crippen LogP contribution in [0, 0.1) is 5.92 Å². The van der Waals surface area contributed by atoms with E-state index in [2.05, 4.69) is 41.6 Å². The summed E-state index contributed by atoms with van der Waals surface area (Å²) in [5.74, 6) is 4.92. The van der Waals surface area contributed by atoms with Gasteiger partial charge in [0.15, 0.2) is 0 Å². The molecule has 0 radical (unpaired) electrons. The largest absolute Gasteiger partial charge is 0.494 e. The number of methoxy groups -OCH3 is 1. The van der Waals surface area contributed by atoms with Crippen molar-refractivity contribution in [3.63, 3.8) is 0 Å². The molecule has 143 heavy (non-hydrogen) atoms. The molecule has 0 saturated heterocycles. The van der Waals surface area contributed by atoms with Crippen molar-refractivity contribution >= 4 is 138 Å². The second-order valence-electron chi connectivity index (χ2n) is 35.9. The number of nitrogens with one attached hydrogen (secondary N) is 4. The highest BCUT2D eigenvalue weighted by atomic mass is 35.5. The zero-order valence-corrected chi connectivity index (χ0v) is 85.0. The monoisotopic (exact) mass is 2050 g/mol. The highest BCUT2D eigenvalue weighted by molar-refractivity contribution is 6.32. The first-order valence-electron chi connectivity index (χ1n) is 48.8. The van der Waals surface area contributed by atoms with E-state index in [-0.39, 0.29) is 61.6 Å². The minimum Gasteiger partial charge on any atom is -0.494 e. The molecule has 0 saturated carbocycles. The Morgan fingerprint density at radius 2 is 0.783 bits per heavy atom. The predicted octanol–water partition coefficient (Wildman–Crippen LogP) is 26.3. The van der Waals surface area contributed by atoms with Crippen LogP contribution >= 0.6 is 69.6 Å². The molecule has 19 rings (SSSR count). The molecule has 4 unspecified atom stereocenters. The van der Waals surface area contributed by atoms with Crippen LogP contribution < -0.4 is 18.9 Å². The number of benzene rings is 9. The molecule has 0 spiro atoms. The van der Waals surface area contributed by atoms with Crippen LogP contribution in [-0.2, 0) is 69.1 Å². The molecule has 0 bridgehead atoms. The summed E-state index contributed by atoms with van der Waals surface area (Å²) in [4.78, 5) is 81.7. The molecule has 6 aromatic heterocycles. The number of imidazole rings is 1. The summed E-state index contributed by atoms with van der Waals surface area (Å²) in [6.07, 6.45) is 21.7. The smallest absolute Gasteiger partial charge is 0.415 e. The minimum absolute atomic E-state index is 0.214. The van der Waals surface area contributed by atoms with Crippen LogP contribution in [0.3, 0.4) is 0 Å². The summed E-state index contributed by atoms with van der Waals surface area (Å²) in [5, 5.41) is 11.3. The third kappa shape index (κ3) is 26.4. The average molecular weight is 2060 g/mol. The van der Waals surface area contributed by atoms with E-state index in [9.17, 15) is 19.2 Å². The fourth-order valence-electron chi connectivity index (χ4n) is 18.9. The number of carbonyl (C=O) groups excluding carboxylic acids is 4. The van der Waals surface area contributed by atoms with Crippen LogP contribution in [-0.4, -0.2) is 180 Å². The zero-order valence-electron chi connectivity index (χ0n) is 80.4. The van der Waals surface area contributed by atoms with E-state index in [1.807, 2.05) is 241 Å². The summed E-state index contributed by atoms with van der Waals surface area (Å²) >= 11 is 36.6. The van der Waals surface area contributed by atoms with Crippen LogP contribution in [0.5, 0.6) is 23.0 Å². The lowest BCUT2D eigenvalue weighted by atomic mass is 9.92. The number of hydrogen-bond acceptors (Lipinski definition) is 16. The van der Waals surface area contributed by atoms with Gasteiger partial charge < -0.3 is 67.1 Å². The number of aromatic nitrogens is 9. The van der Waals surface area contributed by atoms with Crippen molar-refractivity contribution in [2.24, 2.45) is 5.92 Å². The fourth-order valence-corrected chi connectivity index (χ4v) is 19.9. The molecule has 4 N–H and O–H groups in total. The van der Waals surface area contributed by atoms with Gasteiger partial charge in [-0.05, 0) is 235 Å². The number of H-pyrrole nitrogens is 4. The SMILES string of the molecule is C=COC(=O)N1CCc2c([nH]c3ccc(Cl)cc23)C1c1ccc(OCCCn2cncn2)cc1.CC(C)COC(=O)N1CCc2c([nH]c3ccc(Cl)cc23)C1c1ccc(OCCCCCCCl)cc1.COCCOC(=O)N1CCc2c([nH]c3ccc(Cl)cc23)C1c1ccc(OCCCCCCCl)cc1.O=C(OCc1ccccc1)N1CCc2c([nH]c3ccc(Cl)cc23)C1c1ccc(OCCCn2ccnc2)cc1. The van der Waals surface area contributed by atoms with Gasteiger partial charge in [-0.3, -0.25) is 24.3 Å². The van der Waals surface area contributed by atoms with Crippen molar-refractivity contribution in [2.75, 3.05) is 91.3 Å². The number of amides is 4. The number of halogens is 6. The van der Waals surface area contributed by atoms with Gasteiger partial charge in [0.1, 0.15) is 73.0 Å². The minimum atomic E-state index is -0.434. The maximum Gasteiger partial charge on any atom is 0.415 e. The summed E-state index contributed by atoms with van der Waals surface area (Å²) in [6, 6.07) is 63.8. The lowest BCUT2D eigenvalue weighted by molar-refractivity contribution is 0.0629. The number of carbonyl (C=O) groups is 4. The normalized spacial score (nSPS) is 15.2.